The van der Waals surface area contributed by atoms with Crippen molar-refractivity contribution in [2.45, 2.75) is 67.9 Å². The Bertz CT molecular complexity index is 1610. The number of likely N-dealkylation sites (N-methyl/N-ethyl adjacent to an activating group) is 1. The fraction of sp³-hybridized carbons (Fsp3) is 0.429. The third-order valence-corrected chi connectivity index (χ3v) is 7.94. The molecule has 1 aromatic carbocycles. The van der Waals surface area contributed by atoms with Crippen molar-refractivity contribution in [3.8, 4) is 11.1 Å². The van der Waals surface area contributed by atoms with Crippen molar-refractivity contribution >= 4 is 35.1 Å². The number of amides is 4. The van der Waals surface area contributed by atoms with Crippen molar-refractivity contribution in [3.63, 3.8) is 0 Å². The standard InChI is InChI=1S/C35H47N7O4/c1-21(2)46-30(36-11)28-16-14-25(20-37-28)27-19-26(15-13-22(27)3)40-33(45)38-23(4)29(39-24(5)34(6,7)8)31(43)42-18-17-41(12)32(44)35(42,9)10/h13-16,19-20H,1,17-18H2,2-12H3,(H2,38,40,45)/b29-23+,36-30?,39-24?. The number of urea groups is 1. The number of hydrogen-bond donors (Lipinski definition) is 2. The minimum absolute atomic E-state index is 0.0781. The van der Waals surface area contributed by atoms with Crippen LogP contribution in [0.1, 0.15) is 66.6 Å². The number of ether oxygens (including phenoxy) is 1. The molecule has 1 aromatic heterocycles. The van der Waals surface area contributed by atoms with E-state index < -0.39 is 17.5 Å². The van der Waals surface area contributed by atoms with Crippen LogP contribution in [0.3, 0.4) is 0 Å². The zero-order valence-corrected chi connectivity index (χ0v) is 29.0. The van der Waals surface area contributed by atoms with Crippen molar-refractivity contribution in [3.05, 3.63) is 71.5 Å². The molecular weight excluding hydrogens is 582 g/mol. The summed E-state index contributed by atoms with van der Waals surface area (Å²) in [4.78, 5) is 56.7. The van der Waals surface area contributed by atoms with Crippen molar-refractivity contribution in [2.75, 3.05) is 32.5 Å². The van der Waals surface area contributed by atoms with Gasteiger partial charge in [-0.25, -0.2) is 9.79 Å². The Kier molecular flexibility index (Phi) is 10.9. The zero-order valence-electron chi connectivity index (χ0n) is 29.0. The first-order valence-electron chi connectivity index (χ1n) is 15.2. The number of carbonyl (C=O) groups is 3. The van der Waals surface area contributed by atoms with Crippen LogP contribution in [0.5, 0.6) is 0 Å². The van der Waals surface area contributed by atoms with Crippen LogP contribution in [-0.2, 0) is 14.3 Å². The van der Waals surface area contributed by atoms with E-state index in [1.54, 1.807) is 59.0 Å². The van der Waals surface area contributed by atoms with Gasteiger partial charge in [0, 0.05) is 56.0 Å². The first-order chi connectivity index (χ1) is 21.4. The van der Waals surface area contributed by atoms with Crippen LogP contribution in [-0.4, -0.2) is 77.0 Å². The molecule has 0 spiro atoms. The molecule has 11 nitrogen and oxygen atoms in total. The molecule has 2 heterocycles. The van der Waals surface area contributed by atoms with Gasteiger partial charge in [0.25, 0.3) is 5.91 Å². The molecular formula is C35H47N7O4. The van der Waals surface area contributed by atoms with Crippen molar-refractivity contribution in [1.82, 2.24) is 20.1 Å². The summed E-state index contributed by atoms with van der Waals surface area (Å²) in [6.45, 7) is 21.1. The Balaban J connectivity index is 1.90. The molecule has 11 heteroatoms. The van der Waals surface area contributed by atoms with E-state index in [2.05, 4.69) is 27.2 Å². The predicted molar refractivity (Wildman–Crippen MR) is 184 cm³/mol. The normalized spacial score (nSPS) is 16.1. The molecule has 4 amide bonds. The Morgan fingerprint density at radius 1 is 1.09 bits per heavy atom. The lowest BCUT2D eigenvalue weighted by Gasteiger charge is -2.44. The Morgan fingerprint density at radius 3 is 2.33 bits per heavy atom. The summed E-state index contributed by atoms with van der Waals surface area (Å²) in [6, 6.07) is 8.75. The van der Waals surface area contributed by atoms with Gasteiger partial charge in [-0.2, -0.15) is 0 Å². The second-order valence-corrected chi connectivity index (χ2v) is 13.0. The van der Waals surface area contributed by atoms with Crippen LogP contribution >= 0.6 is 0 Å². The molecule has 3 rings (SSSR count). The Labute approximate surface area is 272 Å². The summed E-state index contributed by atoms with van der Waals surface area (Å²) in [5.74, 6) is 0.293. The van der Waals surface area contributed by atoms with Gasteiger partial charge in [-0.05, 0) is 76.3 Å². The van der Waals surface area contributed by atoms with Crippen LogP contribution in [0.25, 0.3) is 11.1 Å². The van der Waals surface area contributed by atoms with Gasteiger partial charge in [-0.3, -0.25) is 19.6 Å². The van der Waals surface area contributed by atoms with Crippen molar-refractivity contribution in [1.29, 1.82) is 0 Å². The maximum absolute atomic E-state index is 14.0. The largest absolute Gasteiger partial charge is 0.443 e. The fourth-order valence-electron chi connectivity index (χ4n) is 4.78. The lowest BCUT2D eigenvalue weighted by atomic mass is 9.91. The number of aryl methyl sites for hydroxylation is 1. The minimum Gasteiger partial charge on any atom is -0.443 e. The summed E-state index contributed by atoms with van der Waals surface area (Å²) in [5, 5.41) is 5.67. The van der Waals surface area contributed by atoms with Gasteiger partial charge in [-0.1, -0.05) is 39.5 Å². The van der Waals surface area contributed by atoms with Gasteiger partial charge in [0.2, 0.25) is 11.8 Å². The van der Waals surface area contributed by atoms with E-state index >= 15 is 0 Å². The van der Waals surface area contributed by atoms with E-state index in [0.717, 1.165) is 16.7 Å². The molecule has 246 valence electrons. The van der Waals surface area contributed by atoms with Gasteiger partial charge < -0.3 is 25.2 Å². The van der Waals surface area contributed by atoms with Gasteiger partial charge in [-0.15, -0.1) is 0 Å². The molecule has 0 aliphatic carbocycles. The first-order valence-corrected chi connectivity index (χ1v) is 15.2. The number of benzene rings is 1. The number of aromatic nitrogens is 1. The van der Waals surface area contributed by atoms with Crippen LogP contribution in [0.15, 0.2) is 70.2 Å². The number of rotatable bonds is 7. The average molecular weight is 630 g/mol. The van der Waals surface area contributed by atoms with Crippen LogP contribution in [0.2, 0.25) is 0 Å². The molecule has 1 fully saturated rings. The van der Waals surface area contributed by atoms with E-state index in [-0.39, 0.29) is 22.7 Å². The lowest BCUT2D eigenvalue weighted by molar-refractivity contribution is -0.155. The lowest BCUT2D eigenvalue weighted by Crippen LogP contribution is -2.63. The molecule has 46 heavy (non-hydrogen) atoms. The molecule has 0 unspecified atom stereocenters. The highest BCUT2D eigenvalue weighted by molar-refractivity contribution is 6.03. The molecule has 0 radical (unpaired) electrons. The van der Waals surface area contributed by atoms with E-state index in [4.69, 9.17) is 9.73 Å². The number of anilines is 1. The number of allylic oxidation sites excluding steroid dienone is 2. The molecule has 0 bridgehead atoms. The maximum atomic E-state index is 14.0. The molecule has 1 saturated heterocycles. The summed E-state index contributed by atoms with van der Waals surface area (Å²) in [5.41, 5.74) is 3.49. The van der Waals surface area contributed by atoms with E-state index in [1.165, 1.54) is 4.90 Å². The maximum Gasteiger partial charge on any atom is 0.323 e. The zero-order chi connectivity index (χ0) is 34.6. The highest BCUT2D eigenvalue weighted by atomic mass is 16.5. The highest BCUT2D eigenvalue weighted by Gasteiger charge is 2.44. The minimum atomic E-state index is -1.07. The highest BCUT2D eigenvalue weighted by Crippen LogP contribution is 2.28. The quantitative estimate of drug-likeness (QED) is 0.170. The smallest absolute Gasteiger partial charge is 0.323 e. The number of nitrogens with zero attached hydrogens (tertiary/aromatic N) is 5. The topological polar surface area (TPSA) is 129 Å². The first kappa shape index (κ1) is 35.7. The molecule has 0 saturated carbocycles. The number of piperazine rings is 1. The second-order valence-electron chi connectivity index (χ2n) is 13.0. The molecule has 0 atom stereocenters. The third-order valence-electron chi connectivity index (χ3n) is 7.94. The van der Waals surface area contributed by atoms with Crippen LogP contribution < -0.4 is 10.6 Å². The predicted octanol–water partition coefficient (Wildman–Crippen LogP) is 5.92. The molecule has 1 aliphatic rings. The number of aliphatic imine (C=N–C) groups is 2. The van der Waals surface area contributed by atoms with Crippen LogP contribution in [0.4, 0.5) is 10.5 Å². The summed E-state index contributed by atoms with van der Waals surface area (Å²) < 4.78 is 5.56. The average Bonchev–Trinajstić information content (AvgIpc) is 2.97. The van der Waals surface area contributed by atoms with Gasteiger partial charge in [0.15, 0.2) is 0 Å². The van der Waals surface area contributed by atoms with E-state index in [0.29, 0.717) is 41.8 Å². The van der Waals surface area contributed by atoms with E-state index in [9.17, 15) is 14.4 Å². The van der Waals surface area contributed by atoms with Gasteiger partial charge in [0.1, 0.15) is 16.9 Å². The summed E-state index contributed by atoms with van der Waals surface area (Å²) >= 11 is 0. The van der Waals surface area contributed by atoms with E-state index in [1.807, 2.05) is 58.9 Å². The SMILES string of the molecule is C=C(C)OC(=NC)c1ccc(-c2cc(NC(=O)N/C(C)=C(/N=C(C)C(C)(C)C)C(=O)N3CCN(C)C(=O)C3(C)C)ccc2C)cn1. The third kappa shape index (κ3) is 8.26. The number of nitrogens with one attached hydrogen (secondary N) is 2. The van der Waals surface area contributed by atoms with Gasteiger partial charge >= 0.3 is 6.03 Å². The molecule has 2 N–H and O–H groups in total. The Morgan fingerprint density at radius 2 is 1.76 bits per heavy atom. The number of hydrogen-bond acceptors (Lipinski definition) is 7. The number of pyridine rings is 1. The van der Waals surface area contributed by atoms with Crippen LogP contribution in [0, 0.1) is 12.3 Å². The second kappa shape index (κ2) is 14.1. The fourth-order valence-corrected chi connectivity index (χ4v) is 4.78. The van der Waals surface area contributed by atoms with Crippen molar-refractivity contribution < 1.29 is 19.1 Å². The number of carbonyl (C=O) groups excluding carboxylic acids is 3. The van der Waals surface area contributed by atoms with Crippen molar-refractivity contribution in [2.24, 2.45) is 15.4 Å². The summed E-state index contributed by atoms with van der Waals surface area (Å²) in [6.07, 6.45) is 1.72. The Hall–Kier alpha value is -4.80. The molecule has 2 aromatic rings. The monoisotopic (exact) mass is 629 g/mol. The molecule has 1 aliphatic heterocycles. The summed E-state index contributed by atoms with van der Waals surface area (Å²) in [7, 11) is 3.35. The van der Waals surface area contributed by atoms with Gasteiger partial charge in [0.05, 0.1) is 5.76 Å².